The van der Waals surface area contributed by atoms with Gasteiger partial charge in [0.2, 0.25) is 11.6 Å². The maximum atomic E-state index is 12.0. The summed E-state index contributed by atoms with van der Waals surface area (Å²) >= 11 is 0. The molecule has 0 radical (unpaired) electrons. The van der Waals surface area contributed by atoms with E-state index in [1.54, 1.807) is 16.8 Å². The van der Waals surface area contributed by atoms with Crippen LogP contribution in [0.2, 0.25) is 0 Å². The Balaban J connectivity index is 1.48. The van der Waals surface area contributed by atoms with Crippen LogP contribution in [0.25, 0.3) is 40.0 Å². The highest BCUT2D eigenvalue weighted by molar-refractivity contribution is 5.65. The van der Waals surface area contributed by atoms with Crippen LogP contribution in [-0.4, -0.2) is 24.8 Å². The first-order valence-corrected chi connectivity index (χ1v) is 8.93. The van der Waals surface area contributed by atoms with Crippen LogP contribution in [0.15, 0.2) is 80.7 Å². The number of hydrogen-bond acceptors (Lipinski definition) is 6. The minimum absolute atomic E-state index is 0.205. The Labute approximate surface area is 164 Å². The van der Waals surface area contributed by atoms with E-state index in [9.17, 15) is 4.79 Å². The first kappa shape index (κ1) is 16.9. The molecule has 142 valence electrons. The van der Waals surface area contributed by atoms with Gasteiger partial charge in [0.05, 0.1) is 5.69 Å². The topological polar surface area (TPSA) is 103 Å². The van der Waals surface area contributed by atoms with Crippen molar-refractivity contribution in [2.24, 2.45) is 0 Å². The molecule has 0 bridgehead atoms. The normalized spacial score (nSPS) is 11.1. The number of nitrogens with one attached hydrogen (secondary N) is 1. The lowest BCUT2D eigenvalue weighted by molar-refractivity contribution is 0.386. The van der Waals surface area contributed by atoms with Gasteiger partial charge < -0.3 is 14.0 Å². The summed E-state index contributed by atoms with van der Waals surface area (Å²) in [5.74, 6) is 1.01. The molecule has 0 fully saturated rings. The molecule has 0 aliphatic heterocycles. The van der Waals surface area contributed by atoms with Gasteiger partial charge in [-0.25, -0.2) is 4.79 Å². The van der Waals surface area contributed by atoms with Crippen LogP contribution in [0, 0.1) is 6.92 Å². The molecule has 2 aromatic carbocycles. The van der Waals surface area contributed by atoms with Gasteiger partial charge in [0.1, 0.15) is 5.69 Å². The highest BCUT2D eigenvalue weighted by Crippen LogP contribution is 2.27. The summed E-state index contributed by atoms with van der Waals surface area (Å²) < 4.78 is 12.3. The van der Waals surface area contributed by atoms with Gasteiger partial charge in [-0.1, -0.05) is 52.8 Å². The van der Waals surface area contributed by atoms with E-state index in [0.29, 0.717) is 28.5 Å². The predicted molar refractivity (Wildman–Crippen MR) is 105 cm³/mol. The standard InChI is InChI=1S/C21H15N5O3/c1-13-12-22-21(27)26(13)16-9-5-8-15(10-16)19-23-20(29-25-19)18-11-17(24-28-18)14-6-3-2-4-7-14/h2-12H,1H3,(H,22,27). The van der Waals surface area contributed by atoms with E-state index in [4.69, 9.17) is 9.05 Å². The maximum absolute atomic E-state index is 12.0. The minimum atomic E-state index is -0.205. The van der Waals surface area contributed by atoms with E-state index in [-0.39, 0.29) is 11.6 Å². The Kier molecular flexibility index (Phi) is 3.94. The van der Waals surface area contributed by atoms with Crippen molar-refractivity contribution in [3.63, 3.8) is 0 Å². The molecule has 0 atom stereocenters. The fourth-order valence-corrected chi connectivity index (χ4v) is 3.12. The number of H-pyrrole nitrogens is 1. The van der Waals surface area contributed by atoms with E-state index >= 15 is 0 Å². The number of aryl methyl sites for hydroxylation is 1. The molecule has 8 nitrogen and oxygen atoms in total. The zero-order valence-corrected chi connectivity index (χ0v) is 15.4. The molecule has 0 aliphatic rings. The van der Waals surface area contributed by atoms with Gasteiger partial charge in [0.25, 0.3) is 5.89 Å². The van der Waals surface area contributed by atoms with Crippen molar-refractivity contribution >= 4 is 0 Å². The molecule has 1 N–H and O–H groups in total. The lowest BCUT2D eigenvalue weighted by Crippen LogP contribution is -2.15. The molecule has 5 rings (SSSR count). The molecular formula is C21H15N5O3. The number of aromatic nitrogens is 5. The van der Waals surface area contributed by atoms with E-state index < -0.39 is 0 Å². The summed E-state index contributed by atoms with van der Waals surface area (Å²) in [6, 6.07) is 18.8. The van der Waals surface area contributed by atoms with Gasteiger partial charge in [-0.15, -0.1) is 0 Å². The summed E-state index contributed by atoms with van der Waals surface area (Å²) in [6.07, 6.45) is 1.66. The van der Waals surface area contributed by atoms with E-state index in [0.717, 1.165) is 11.3 Å². The summed E-state index contributed by atoms with van der Waals surface area (Å²) in [6.45, 7) is 1.85. The zero-order valence-electron chi connectivity index (χ0n) is 15.4. The SMILES string of the molecule is Cc1c[nH]c(=O)n1-c1cccc(-c2noc(-c3cc(-c4ccccc4)no3)n2)c1. The monoisotopic (exact) mass is 385 g/mol. The van der Waals surface area contributed by atoms with Crippen LogP contribution in [0.5, 0.6) is 0 Å². The highest BCUT2D eigenvalue weighted by Gasteiger charge is 2.17. The van der Waals surface area contributed by atoms with Crippen LogP contribution in [0.4, 0.5) is 0 Å². The Morgan fingerprint density at radius 2 is 1.76 bits per heavy atom. The van der Waals surface area contributed by atoms with Gasteiger partial charge in [0.15, 0.2) is 0 Å². The Bertz CT molecular complexity index is 1340. The molecule has 0 saturated heterocycles. The van der Waals surface area contributed by atoms with Crippen molar-refractivity contribution in [3.8, 4) is 40.0 Å². The van der Waals surface area contributed by atoms with Crippen molar-refractivity contribution in [2.75, 3.05) is 0 Å². The third-order valence-electron chi connectivity index (χ3n) is 4.54. The second kappa shape index (κ2) is 6.75. The van der Waals surface area contributed by atoms with Crippen LogP contribution < -0.4 is 5.69 Å². The third-order valence-corrected chi connectivity index (χ3v) is 4.54. The average molecular weight is 385 g/mol. The smallest absolute Gasteiger partial charge is 0.330 e. The molecule has 0 unspecified atom stereocenters. The summed E-state index contributed by atoms with van der Waals surface area (Å²) in [5.41, 5.74) is 3.64. The van der Waals surface area contributed by atoms with E-state index in [1.165, 1.54) is 0 Å². The van der Waals surface area contributed by atoms with Gasteiger partial charge in [-0.05, 0) is 19.1 Å². The largest absolute Gasteiger partial charge is 0.350 e. The fourth-order valence-electron chi connectivity index (χ4n) is 3.12. The highest BCUT2D eigenvalue weighted by atomic mass is 16.5. The van der Waals surface area contributed by atoms with Crippen LogP contribution in [0.3, 0.4) is 0 Å². The van der Waals surface area contributed by atoms with Gasteiger partial charge >= 0.3 is 5.69 Å². The number of benzene rings is 2. The van der Waals surface area contributed by atoms with Crippen LogP contribution in [0.1, 0.15) is 5.69 Å². The number of rotatable bonds is 4. The van der Waals surface area contributed by atoms with Crippen molar-refractivity contribution < 1.29 is 9.05 Å². The quantitative estimate of drug-likeness (QED) is 0.504. The summed E-state index contributed by atoms with van der Waals surface area (Å²) in [4.78, 5) is 19.1. The third kappa shape index (κ3) is 3.06. The van der Waals surface area contributed by atoms with Gasteiger partial charge in [-0.3, -0.25) is 4.57 Å². The van der Waals surface area contributed by atoms with Crippen molar-refractivity contribution in [3.05, 3.63) is 83.0 Å². The minimum Gasteiger partial charge on any atom is -0.350 e. The Morgan fingerprint density at radius 1 is 0.931 bits per heavy atom. The fraction of sp³-hybridized carbons (Fsp3) is 0.0476. The van der Waals surface area contributed by atoms with Crippen LogP contribution >= 0.6 is 0 Å². The van der Waals surface area contributed by atoms with Gasteiger partial charge in [-0.2, -0.15) is 4.98 Å². The molecular weight excluding hydrogens is 370 g/mol. The lowest BCUT2D eigenvalue weighted by atomic mass is 10.1. The molecule has 3 aromatic heterocycles. The first-order chi connectivity index (χ1) is 14.2. The van der Waals surface area contributed by atoms with E-state index in [2.05, 4.69) is 20.3 Å². The molecule has 8 heteroatoms. The number of aromatic amines is 1. The van der Waals surface area contributed by atoms with E-state index in [1.807, 2.05) is 61.5 Å². The van der Waals surface area contributed by atoms with Crippen molar-refractivity contribution in [1.82, 2.24) is 24.8 Å². The second-order valence-electron chi connectivity index (χ2n) is 6.49. The lowest BCUT2D eigenvalue weighted by Gasteiger charge is -2.04. The zero-order chi connectivity index (χ0) is 19.8. The molecule has 5 aromatic rings. The molecule has 0 spiro atoms. The maximum Gasteiger partial charge on any atom is 0.330 e. The predicted octanol–water partition coefficient (Wildman–Crippen LogP) is 3.85. The molecule has 0 aliphatic carbocycles. The second-order valence-corrected chi connectivity index (χ2v) is 6.49. The molecule has 0 amide bonds. The van der Waals surface area contributed by atoms with Crippen molar-refractivity contribution in [2.45, 2.75) is 6.92 Å². The Hall–Kier alpha value is -4.20. The van der Waals surface area contributed by atoms with Crippen LogP contribution in [-0.2, 0) is 0 Å². The van der Waals surface area contributed by atoms with Gasteiger partial charge in [0, 0.05) is 29.1 Å². The number of nitrogens with zero attached hydrogens (tertiary/aromatic N) is 4. The number of imidazole rings is 1. The summed E-state index contributed by atoms with van der Waals surface area (Å²) in [7, 11) is 0. The van der Waals surface area contributed by atoms with Crippen molar-refractivity contribution in [1.29, 1.82) is 0 Å². The Morgan fingerprint density at radius 3 is 2.55 bits per heavy atom. The molecule has 29 heavy (non-hydrogen) atoms. The average Bonchev–Trinajstić information content (AvgIpc) is 3.49. The molecule has 3 heterocycles. The molecule has 0 saturated carbocycles. The summed E-state index contributed by atoms with van der Waals surface area (Å²) in [5, 5.41) is 8.11. The first-order valence-electron chi connectivity index (χ1n) is 8.93. The number of hydrogen-bond donors (Lipinski definition) is 1.